The maximum absolute atomic E-state index is 11.3. The summed E-state index contributed by atoms with van der Waals surface area (Å²) < 4.78 is 5.37. The Balaban J connectivity index is 2.01. The van der Waals surface area contributed by atoms with E-state index in [2.05, 4.69) is 17.6 Å². The topological polar surface area (TPSA) is 50.4 Å². The van der Waals surface area contributed by atoms with Gasteiger partial charge in [-0.1, -0.05) is 6.92 Å². The first-order valence-electron chi connectivity index (χ1n) is 5.80. The number of nitrogens with one attached hydrogen (secondary N) is 2. The Morgan fingerprint density at radius 3 is 3.07 bits per heavy atom. The molecule has 0 aromatic heterocycles. The van der Waals surface area contributed by atoms with Crippen LogP contribution in [0.4, 0.5) is 0 Å². The number of carbonyl (C=O) groups is 1. The van der Waals surface area contributed by atoms with Crippen LogP contribution in [-0.4, -0.2) is 38.3 Å². The van der Waals surface area contributed by atoms with E-state index in [9.17, 15) is 4.79 Å². The molecule has 15 heavy (non-hydrogen) atoms. The van der Waals surface area contributed by atoms with Crippen LogP contribution in [0.2, 0.25) is 0 Å². The van der Waals surface area contributed by atoms with Crippen molar-refractivity contribution in [2.45, 2.75) is 32.7 Å². The van der Waals surface area contributed by atoms with E-state index in [1.165, 1.54) is 0 Å². The number of rotatable bonds is 6. The van der Waals surface area contributed by atoms with Gasteiger partial charge < -0.3 is 15.4 Å². The molecule has 1 fully saturated rings. The third-order valence-corrected chi connectivity index (χ3v) is 2.77. The smallest absolute Gasteiger partial charge is 0.246 e. The van der Waals surface area contributed by atoms with Crippen molar-refractivity contribution in [3.63, 3.8) is 0 Å². The van der Waals surface area contributed by atoms with Crippen LogP contribution in [0.3, 0.4) is 0 Å². The van der Waals surface area contributed by atoms with E-state index in [1.54, 1.807) is 0 Å². The van der Waals surface area contributed by atoms with Crippen molar-refractivity contribution in [3.8, 4) is 0 Å². The molecule has 1 aliphatic rings. The average molecular weight is 214 g/mol. The molecule has 0 aliphatic carbocycles. The predicted octanol–water partition coefficient (Wildman–Crippen LogP) is 0.527. The van der Waals surface area contributed by atoms with Crippen LogP contribution < -0.4 is 10.6 Å². The zero-order valence-corrected chi connectivity index (χ0v) is 9.71. The minimum absolute atomic E-state index is 0.00435. The highest BCUT2D eigenvalue weighted by Gasteiger charge is 2.15. The fraction of sp³-hybridized carbons (Fsp3) is 0.909. The highest BCUT2D eigenvalue weighted by Crippen LogP contribution is 2.07. The average Bonchev–Trinajstić information content (AvgIpc) is 2.70. The van der Waals surface area contributed by atoms with Crippen LogP contribution in [0.25, 0.3) is 0 Å². The second-order valence-corrected chi connectivity index (χ2v) is 4.25. The summed E-state index contributed by atoms with van der Waals surface area (Å²) >= 11 is 0. The van der Waals surface area contributed by atoms with Gasteiger partial charge in [0.2, 0.25) is 5.91 Å². The number of hydrogen-bond acceptors (Lipinski definition) is 3. The predicted molar refractivity (Wildman–Crippen MR) is 59.7 cm³/mol. The Labute approximate surface area is 91.8 Å². The van der Waals surface area contributed by atoms with E-state index in [4.69, 9.17) is 4.74 Å². The molecule has 4 heteroatoms. The summed E-state index contributed by atoms with van der Waals surface area (Å²) in [6, 6.07) is 0.245. The van der Waals surface area contributed by atoms with E-state index < -0.39 is 0 Å². The van der Waals surface area contributed by atoms with Crippen LogP contribution in [-0.2, 0) is 9.53 Å². The first-order chi connectivity index (χ1) is 7.22. The van der Waals surface area contributed by atoms with Gasteiger partial charge in [0, 0.05) is 12.6 Å². The number of hydrogen-bond donors (Lipinski definition) is 2. The van der Waals surface area contributed by atoms with E-state index in [0.29, 0.717) is 12.5 Å². The van der Waals surface area contributed by atoms with Gasteiger partial charge in [0.15, 0.2) is 0 Å². The molecule has 1 heterocycles. The lowest BCUT2D eigenvalue weighted by atomic mass is 10.1. The molecule has 0 spiro atoms. The van der Waals surface area contributed by atoms with Crippen molar-refractivity contribution in [3.05, 3.63) is 0 Å². The quantitative estimate of drug-likeness (QED) is 0.678. The van der Waals surface area contributed by atoms with E-state index in [1.807, 2.05) is 6.92 Å². The molecule has 2 N–H and O–H groups in total. The Morgan fingerprint density at radius 2 is 2.47 bits per heavy atom. The number of ether oxygens (including phenoxy) is 1. The summed E-state index contributed by atoms with van der Waals surface area (Å²) in [5, 5.41) is 6.15. The Bertz CT molecular complexity index is 191. The van der Waals surface area contributed by atoms with Crippen molar-refractivity contribution < 1.29 is 9.53 Å². The van der Waals surface area contributed by atoms with E-state index in [0.717, 1.165) is 25.9 Å². The highest BCUT2D eigenvalue weighted by atomic mass is 16.5. The first-order valence-corrected chi connectivity index (χ1v) is 5.80. The molecule has 2 unspecified atom stereocenters. The molecule has 0 radical (unpaired) electrons. The molecule has 4 nitrogen and oxygen atoms in total. The number of amides is 1. The first kappa shape index (κ1) is 12.5. The largest absolute Gasteiger partial charge is 0.371 e. The van der Waals surface area contributed by atoms with Gasteiger partial charge in [-0.3, -0.25) is 4.79 Å². The van der Waals surface area contributed by atoms with Gasteiger partial charge in [-0.25, -0.2) is 0 Å². The normalized spacial score (nSPS) is 22.7. The zero-order valence-electron chi connectivity index (χ0n) is 9.71. The summed E-state index contributed by atoms with van der Waals surface area (Å²) in [6.07, 6.45) is 2.12. The minimum atomic E-state index is -0.00435. The van der Waals surface area contributed by atoms with Crippen molar-refractivity contribution in [2.24, 2.45) is 5.92 Å². The maximum Gasteiger partial charge on any atom is 0.246 e. The fourth-order valence-corrected chi connectivity index (χ4v) is 1.59. The number of carbonyl (C=O) groups excluding carboxylic acids is 1. The summed E-state index contributed by atoms with van der Waals surface area (Å²) in [6.45, 7) is 7.04. The molecular formula is C11H22N2O2. The lowest BCUT2D eigenvalue weighted by molar-refractivity contribution is -0.126. The third kappa shape index (κ3) is 5.14. The van der Waals surface area contributed by atoms with Gasteiger partial charge in [-0.05, 0) is 32.2 Å². The summed E-state index contributed by atoms with van der Waals surface area (Å²) in [5.41, 5.74) is 0. The zero-order chi connectivity index (χ0) is 11.1. The highest BCUT2D eigenvalue weighted by molar-refractivity contribution is 5.77. The van der Waals surface area contributed by atoms with Gasteiger partial charge in [0.05, 0.1) is 6.61 Å². The Morgan fingerprint density at radius 1 is 1.67 bits per heavy atom. The van der Waals surface area contributed by atoms with E-state index >= 15 is 0 Å². The summed E-state index contributed by atoms with van der Waals surface area (Å²) in [5.74, 6) is 0.580. The fourth-order valence-electron chi connectivity index (χ4n) is 1.59. The van der Waals surface area contributed by atoms with Crippen LogP contribution in [0, 0.1) is 5.92 Å². The van der Waals surface area contributed by atoms with E-state index in [-0.39, 0.29) is 18.6 Å². The molecule has 2 atom stereocenters. The minimum Gasteiger partial charge on any atom is -0.371 e. The molecule has 88 valence electrons. The molecule has 1 saturated heterocycles. The van der Waals surface area contributed by atoms with Gasteiger partial charge in [-0.2, -0.15) is 0 Å². The summed E-state index contributed by atoms with van der Waals surface area (Å²) in [4.78, 5) is 11.3. The third-order valence-electron chi connectivity index (χ3n) is 2.77. The lowest BCUT2D eigenvalue weighted by Crippen LogP contribution is -2.35. The molecule has 0 bridgehead atoms. The molecular weight excluding hydrogens is 192 g/mol. The molecule has 1 amide bonds. The SMILES string of the molecule is CCC(C)NC(=O)COCC1CCNC1. The second kappa shape index (κ2) is 6.80. The second-order valence-electron chi connectivity index (χ2n) is 4.25. The molecule has 1 rings (SSSR count). The molecule has 0 saturated carbocycles. The van der Waals surface area contributed by atoms with Crippen LogP contribution >= 0.6 is 0 Å². The molecule has 0 aromatic carbocycles. The van der Waals surface area contributed by atoms with Gasteiger partial charge in [0.1, 0.15) is 6.61 Å². The van der Waals surface area contributed by atoms with Gasteiger partial charge in [0.25, 0.3) is 0 Å². The van der Waals surface area contributed by atoms with Crippen LogP contribution in [0.15, 0.2) is 0 Å². The van der Waals surface area contributed by atoms with Crippen LogP contribution in [0.5, 0.6) is 0 Å². The standard InChI is InChI=1S/C11H22N2O2/c1-3-9(2)13-11(14)8-15-7-10-4-5-12-6-10/h9-10,12H,3-8H2,1-2H3,(H,13,14). The molecule has 0 aromatic rings. The Kier molecular flexibility index (Phi) is 5.65. The Hall–Kier alpha value is -0.610. The van der Waals surface area contributed by atoms with Crippen molar-refractivity contribution >= 4 is 5.91 Å². The maximum atomic E-state index is 11.3. The van der Waals surface area contributed by atoms with Gasteiger partial charge in [-0.15, -0.1) is 0 Å². The monoisotopic (exact) mass is 214 g/mol. The van der Waals surface area contributed by atoms with Crippen molar-refractivity contribution in [1.29, 1.82) is 0 Å². The van der Waals surface area contributed by atoms with Crippen LogP contribution in [0.1, 0.15) is 26.7 Å². The molecule has 1 aliphatic heterocycles. The van der Waals surface area contributed by atoms with Crippen molar-refractivity contribution in [2.75, 3.05) is 26.3 Å². The summed E-state index contributed by atoms with van der Waals surface area (Å²) in [7, 11) is 0. The van der Waals surface area contributed by atoms with Gasteiger partial charge >= 0.3 is 0 Å². The van der Waals surface area contributed by atoms with Crippen molar-refractivity contribution in [1.82, 2.24) is 10.6 Å². The lowest BCUT2D eigenvalue weighted by Gasteiger charge is -2.12.